The van der Waals surface area contributed by atoms with Crippen molar-refractivity contribution in [1.29, 1.82) is 0 Å². The molecule has 0 aromatic carbocycles. The number of rotatable bonds is 6. The van der Waals surface area contributed by atoms with Gasteiger partial charge in [0.25, 0.3) is 5.91 Å². The van der Waals surface area contributed by atoms with Crippen LogP contribution in [0.3, 0.4) is 0 Å². The van der Waals surface area contributed by atoms with Crippen molar-refractivity contribution in [3.8, 4) is 0 Å². The number of thiophene rings is 1. The maximum Gasteiger partial charge on any atom is 0.263 e. The Bertz CT molecular complexity index is 521. The van der Waals surface area contributed by atoms with E-state index < -0.39 is 0 Å². The molecule has 2 fully saturated rings. The van der Waals surface area contributed by atoms with E-state index in [9.17, 15) is 4.79 Å². The summed E-state index contributed by atoms with van der Waals surface area (Å²) in [4.78, 5) is 16.2. The largest absolute Gasteiger partial charge is 0.396 e. The molecule has 2 saturated carbocycles. The van der Waals surface area contributed by atoms with Crippen molar-refractivity contribution < 1.29 is 4.79 Å². The van der Waals surface area contributed by atoms with Gasteiger partial charge in [-0.2, -0.15) is 0 Å². The Kier molecular flexibility index (Phi) is 3.86. The number of carbonyl (C=O) groups is 1. The van der Waals surface area contributed by atoms with E-state index in [-0.39, 0.29) is 5.91 Å². The summed E-state index contributed by atoms with van der Waals surface area (Å²) in [5.74, 6) is 0.818. The predicted molar refractivity (Wildman–Crippen MR) is 87.0 cm³/mol. The minimum Gasteiger partial charge on any atom is -0.396 e. The maximum atomic E-state index is 12.2. The van der Waals surface area contributed by atoms with Crippen LogP contribution in [0.25, 0.3) is 0 Å². The fourth-order valence-corrected chi connectivity index (χ4v) is 4.36. The summed E-state index contributed by atoms with van der Waals surface area (Å²) in [6.07, 6.45) is 6.88. The molecular formula is C14H21N3OS2. The van der Waals surface area contributed by atoms with Crippen LogP contribution in [0.4, 0.5) is 10.7 Å². The lowest BCUT2D eigenvalue weighted by Crippen LogP contribution is -2.25. The van der Waals surface area contributed by atoms with Gasteiger partial charge < -0.3 is 16.0 Å². The lowest BCUT2D eigenvalue weighted by atomic mass is 10.3. The molecule has 3 N–H and O–H groups in total. The molecule has 1 aromatic rings. The Hall–Kier alpha value is -0.880. The van der Waals surface area contributed by atoms with Crippen LogP contribution >= 0.6 is 23.1 Å². The molecule has 2 aliphatic rings. The molecule has 1 heterocycles. The van der Waals surface area contributed by atoms with Crippen molar-refractivity contribution in [2.45, 2.75) is 36.6 Å². The van der Waals surface area contributed by atoms with Crippen LogP contribution in [0.1, 0.15) is 35.4 Å². The number of amides is 1. The lowest BCUT2D eigenvalue weighted by molar-refractivity contribution is 0.0956. The van der Waals surface area contributed by atoms with Gasteiger partial charge in [0, 0.05) is 19.6 Å². The number of nitrogen functional groups attached to an aromatic ring is 1. The van der Waals surface area contributed by atoms with Gasteiger partial charge in [0.1, 0.15) is 9.88 Å². The van der Waals surface area contributed by atoms with E-state index in [0.29, 0.717) is 16.6 Å². The van der Waals surface area contributed by atoms with Crippen molar-refractivity contribution in [3.05, 3.63) is 4.88 Å². The number of nitrogens with two attached hydrogens (primary N) is 1. The number of carbonyl (C=O) groups excluding carboxylic acids is 1. The normalized spacial score (nSPS) is 18.1. The zero-order chi connectivity index (χ0) is 14.3. The van der Waals surface area contributed by atoms with Gasteiger partial charge in [-0.05, 0) is 37.9 Å². The molecule has 0 spiro atoms. The van der Waals surface area contributed by atoms with E-state index >= 15 is 0 Å². The highest BCUT2D eigenvalue weighted by Crippen LogP contribution is 2.44. The smallest absolute Gasteiger partial charge is 0.263 e. The molecule has 0 bridgehead atoms. The third kappa shape index (κ3) is 2.91. The SMILES string of the molecule is CSc1c(N(C)CC2CC2)sc(C(=O)NC2CC2)c1N. The van der Waals surface area contributed by atoms with Crippen LogP contribution < -0.4 is 16.0 Å². The third-order valence-electron chi connectivity index (χ3n) is 3.78. The summed E-state index contributed by atoms with van der Waals surface area (Å²) in [5.41, 5.74) is 6.85. The van der Waals surface area contributed by atoms with Crippen LogP contribution in [0.5, 0.6) is 0 Å². The minimum absolute atomic E-state index is 0.00336. The first-order valence-corrected chi connectivity index (χ1v) is 9.12. The van der Waals surface area contributed by atoms with E-state index in [1.54, 1.807) is 11.8 Å². The molecule has 20 heavy (non-hydrogen) atoms. The molecule has 0 radical (unpaired) electrons. The van der Waals surface area contributed by atoms with E-state index in [2.05, 4.69) is 17.3 Å². The molecule has 0 saturated heterocycles. The molecule has 0 atom stereocenters. The second-order valence-electron chi connectivity index (χ2n) is 5.75. The highest BCUT2D eigenvalue weighted by Gasteiger charge is 2.29. The fraction of sp³-hybridized carbons (Fsp3) is 0.643. The van der Waals surface area contributed by atoms with Crippen molar-refractivity contribution in [1.82, 2.24) is 5.32 Å². The van der Waals surface area contributed by atoms with E-state index in [1.165, 1.54) is 24.2 Å². The first-order valence-electron chi connectivity index (χ1n) is 7.08. The lowest BCUT2D eigenvalue weighted by Gasteiger charge is -2.18. The minimum atomic E-state index is -0.00336. The fourth-order valence-electron chi connectivity index (χ4n) is 2.28. The summed E-state index contributed by atoms with van der Waals surface area (Å²) in [7, 11) is 2.10. The van der Waals surface area contributed by atoms with Gasteiger partial charge in [-0.1, -0.05) is 0 Å². The van der Waals surface area contributed by atoms with Gasteiger partial charge in [0.05, 0.1) is 10.6 Å². The Morgan fingerprint density at radius 1 is 1.45 bits per heavy atom. The molecule has 0 aliphatic heterocycles. The highest BCUT2D eigenvalue weighted by atomic mass is 32.2. The average Bonchev–Trinajstić information content (AvgIpc) is 3.31. The topological polar surface area (TPSA) is 58.4 Å². The standard InChI is InChI=1S/C14H21N3OS2/c1-17(7-8-3-4-8)14-12(19-2)10(15)11(20-14)13(18)16-9-5-6-9/h8-9H,3-7,15H2,1-2H3,(H,16,18). The van der Waals surface area contributed by atoms with Gasteiger partial charge >= 0.3 is 0 Å². The van der Waals surface area contributed by atoms with Crippen molar-refractivity contribution in [2.75, 3.05) is 30.5 Å². The summed E-state index contributed by atoms with van der Waals surface area (Å²) in [6.45, 7) is 1.07. The zero-order valence-electron chi connectivity index (χ0n) is 11.9. The monoisotopic (exact) mass is 311 g/mol. The van der Waals surface area contributed by atoms with Crippen LogP contribution in [-0.4, -0.2) is 31.8 Å². The van der Waals surface area contributed by atoms with E-state index in [0.717, 1.165) is 35.2 Å². The van der Waals surface area contributed by atoms with Crippen molar-refractivity contribution in [2.24, 2.45) is 5.92 Å². The predicted octanol–water partition coefficient (Wildman–Crippen LogP) is 2.79. The van der Waals surface area contributed by atoms with Gasteiger partial charge in [0.15, 0.2) is 0 Å². The maximum absolute atomic E-state index is 12.2. The van der Waals surface area contributed by atoms with Gasteiger partial charge in [-0.3, -0.25) is 4.79 Å². The highest BCUT2D eigenvalue weighted by molar-refractivity contribution is 7.99. The summed E-state index contributed by atoms with van der Waals surface area (Å²) in [5, 5.41) is 4.17. The Morgan fingerprint density at radius 3 is 2.70 bits per heavy atom. The first-order chi connectivity index (χ1) is 9.60. The van der Waals surface area contributed by atoms with Gasteiger partial charge in [-0.25, -0.2) is 0 Å². The first kappa shape index (κ1) is 14.1. The second kappa shape index (κ2) is 5.48. The van der Waals surface area contributed by atoms with Crippen LogP contribution in [-0.2, 0) is 0 Å². The van der Waals surface area contributed by atoms with Crippen LogP contribution in [0.2, 0.25) is 0 Å². The number of nitrogens with zero attached hydrogens (tertiary/aromatic N) is 1. The molecule has 2 aliphatic carbocycles. The zero-order valence-corrected chi connectivity index (χ0v) is 13.6. The van der Waals surface area contributed by atoms with Crippen molar-refractivity contribution >= 4 is 39.7 Å². The molecule has 1 amide bonds. The number of nitrogens with one attached hydrogen (secondary N) is 1. The van der Waals surface area contributed by atoms with Crippen molar-refractivity contribution in [3.63, 3.8) is 0 Å². The molecule has 1 aromatic heterocycles. The second-order valence-corrected chi connectivity index (χ2v) is 7.57. The van der Waals surface area contributed by atoms with E-state index in [4.69, 9.17) is 5.73 Å². The summed E-state index contributed by atoms with van der Waals surface area (Å²) >= 11 is 3.17. The quantitative estimate of drug-likeness (QED) is 0.793. The molecule has 6 heteroatoms. The average molecular weight is 311 g/mol. The van der Waals surface area contributed by atoms with E-state index in [1.807, 2.05) is 6.26 Å². The Morgan fingerprint density at radius 2 is 2.15 bits per heavy atom. The molecule has 0 unspecified atom stereocenters. The molecule has 3 rings (SSSR count). The third-order valence-corrected chi connectivity index (χ3v) is 6.05. The van der Waals surface area contributed by atoms with Crippen LogP contribution in [0, 0.1) is 5.92 Å². The molecule has 4 nitrogen and oxygen atoms in total. The van der Waals surface area contributed by atoms with Crippen LogP contribution in [0.15, 0.2) is 4.90 Å². The van der Waals surface area contributed by atoms with Gasteiger partial charge in [-0.15, -0.1) is 23.1 Å². The number of anilines is 2. The number of thioether (sulfide) groups is 1. The molecular weight excluding hydrogens is 290 g/mol. The summed E-state index contributed by atoms with van der Waals surface area (Å²) < 4.78 is 0. The number of hydrogen-bond donors (Lipinski definition) is 2. The van der Waals surface area contributed by atoms with Gasteiger partial charge in [0.2, 0.25) is 0 Å². The summed E-state index contributed by atoms with van der Waals surface area (Å²) in [6, 6.07) is 0.370. The Labute approximate surface area is 128 Å². The molecule has 110 valence electrons. The number of hydrogen-bond acceptors (Lipinski definition) is 5. The Balaban J connectivity index is 1.82.